The number of amides is 1. The number of carbonyl (C=O) groups excluding carboxylic acids is 1. The summed E-state index contributed by atoms with van der Waals surface area (Å²) in [5.74, 6) is -1.08. The van der Waals surface area contributed by atoms with E-state index < -0.39 is 17.4 Å². The summed E-state index contributed by atoms with van der Waals surface area (Å²) < 4.78 is 0.768. The lowest BCUT2D eigenvalue weighted by Gasteiger charge is -2.27. The van der Waals surface area contributed by atoms with Crippen LogP contribution in [0.25, 0.3) is 11.4 Å². The molecule has 1 aromatic heterocycles. The lowest BCUT2D eigenvalue weighted by molar-refractivity contribution is -0.144. The van der Waals surface area contributed by atoms with Gasteiger partial charge in [-0.2, -0.15) is 0 Å². The minimum absolute atomic E-state index is 0.0368. The van der Waals surface area contributed by atoms with E-state index in [-0.39, 0.29) is 5.41 Å². The van der Waals surface area contributed by atoms with Crippen LogP contribution in [0.5, 0.6) is 0 Å². The summed E-state index contributed by atoms with van der Waals surface area (Å²) >= 11 is 3.30. The van der Waals surface area contributed by atoms with Gasteiger partial charge in [-0.3, -0.25) is 4.79 Å². The second-order valence-electron chi connectivity index (χ2n) is 8.51. The van der Waals surface area contributed by atoms with Gasteiger partial charge in [-0.25, -0.2) is 14.8 Å². The first kappa shape index (κ1) is 22.6. The summed E-state index contributed by atoms with van der Waals surface area (Å²) in [7, 11) is 0. The third kappa shape index (κ3) is 4.99. The quantitative estimate of drug-likeness (QED) is 0.538. The SMILES string of the molecule is CC(C)(C)c1ccc(C(=O)N[C@](C)(C(=O)O)c2ccc(-c3ncc(Br)cn3)cc2)cc1. The third-order valence-electron chi connectivity index (χ3n) is 5.15. The minimum atomic E-state index is -1.60. The zero-order valence-electron chi connectivity index (χ0n) is 17.8. The molecule has 1 heterocycles. The lowest BCUT2D eigenvalue weighted by atomic mass is 9.86. The van der Waals surface area contributed by atoms with Gasteiger partial charge >= 0.3 is 5.97 Å². The largest absolute Gasteiger partial charge is 0.479 e. The van der Waals surface area contributed by atoms with Crippen molar-refractivity contribution < 1.29 is 14.7 Å². The number of hydrogen-bond acceptors (Lipinski definition) is 4. The Morgan fingerprint density at radius 1 is 0.871 bits per heavy atom. The van der Waals surface area contributed by atoms with Crippen LogP contribution in [-0.2, 0) is 15.7 Å². The molecule has 0 spiro atoms. The molecule has 31 heavy (non-hydrogen) atoms. The van der Waals surface area contributed by atoms with Crippen molar-refractivity contribution in [1.29, 1.82) is 0 Å². The third-order valence-corrected chi connectivity index (χ3v) is 5.55. The Morgan fingerprint density at radius 3 is 1.87 bits per heavy atom. The molecule has 0 saturated carbocycles. The van der Waals surface area contributed by atoms with E-state index in [1.54, 1.807) is 48.8 Å². The van der Waals surface area contributed by atoms with Crippen LogP contribution >= 0.6 is 15.9 Å². The summed E-state index contributed by atoms with van der Waals surface area (Å²) in [5, 5.41) is 12.6. The van der Waals surface area contributed by atoms with Crippen LogP contribution in [0.1, 0.15) is 49.2 Å². The summed E-state index contributed by atoms with van der Waals surface area (Å²) in [6.07, 6.45) is 3.28. The average Bonchev–Trinajstić information content (AvgIpc) is 2.73. The predicted octanol–water partition coefficient (Wildman–Crippen LogP) is 4.93. The second kappa shape index (κ2) is 8.59. The molecule has 2 aromatic carbocycles. The van der Waals surface area contributed by atoms with Crippen molar-refractivity contribution in [3.05, 3.63) is 82.1 Å². The summed E-state index contributed by atoms with van der Waals surface area (Å²) in [6.45, 7) is 7.74. The molecule has 0 aliphatic heterocycles. The smallest absolute Gasteiger partial charge is 0.333 e. The molecule has 0 unspecified atom stereocenters. The maximum absolute atomic E-state index is 12.8. The molecule has 2 N–H and O–H groups in total. The highest BCUT2D eigenvalue weighted by Crippen LogP contribution is 2.26. The number of halogens is 1. The average molecular weight is 482 g/mol. The van der Waals surface area contributed by atoms with Gasteiger partial charge in [-0.1, -0.05) is 57.2 Å². The van der Waals surface area contributed by atoms with Crippen LogP contribution in [0.2, 0.25) is 0 Å². The maximum Gasteiger partial charge on any atom is 0.333 e. The van der Waals surface area contributed by atoms with Crippen molar-refractivity contribution in [2.24, 2.45) is 0 Å². The molecule has 3 rings (SSSR count). The van der Waals surface area contributed by atoms with Gasteiger partial charge < -0.3 is 10.4 Å². The van der Waals surface area contributed by atoms with Crippen molar-refractivity contribution >= 4 is 27.8 Å². The molecule has 7 heteroatoms. The van der Waals surface area contributed by atoms with Crippen molar-refractivity contribution in [1.82, 2.24) is 15.3 Å². The van der Waals surface area contributed by atoms with Gasteiger partial charge in [-0.05, 0) is 51.5 Å². The Kier molecular flexibility index (Phi) is 6.27. The Hall–Kier alpha value is -3.06. The number of carboxylic acids is 1. The number of nitrogens with one attached hydrogen (secondary N) is 1. The zero-order chi connectivity index (χ0) is 22.8. The van der Waals surface area contributed by atoms with Crippen LogP contribution in [0.4, 0.5) is 0 Å². The van der Waals surface area contributed by atoms with Crippen molar-refractivity contribution in [2.75, 3.05) is 0 Å². The molecule has 1 atom stereocenters. The number of aliphatic carboxylic acids is 1. The first-order valence-electron chi connectivity index (χ1n) is 9.75. The zero-order valence-corrected chi connectivity index (χ0v) is 19.4. The first-order valence-corrected chi connectivity index (χ1v) is 10.5. The van der Waals surface area contributed by atoms with E-state index in [4.69, 9.17) is 0 Å². The molecule has 6 nitrogen and oxygen atoms in total. The molecule has 0 fully saturated rings. The van der Waals surface area contributed by atoms with Crippen LogP contribution in [-0.4, -0.2) is 27.0 Å². The fourth-order valence-corrected chi connectivity index (χ4v) is 3.29. The van der Waals surface area contributed by atoms with Gasteiger partial charge in [0.05, 0.1) is 4.47 Å². The highest BCUT2D eigenvalue weighted by Gasteiger charge is 2.37. The maximum atomic E-state index is 12.8. The van der Waals surface area contributed by atoms with E-state index in [1.807, 2.05) is 12.1 Å². The summed E-state index contributed by atoms with van der Waals surface area (Å²) in [6, 6.07) is 14.0. The van der Waals surface area contributed by atoms with Crippen molar-refractivity contribution in [3.8, 4) is 11.4 Å². The van der Waals surface area contributed by atoms with Crippen LogP contribution in [0.3, 0.4) is 0 Å². The number of carbonyl (C=O) groups is 2. The van der Waals surface area contributed by atoms with Crippen molar-refractivity contribution in [2.45, 2.75) is 38.6 Å². The monoisotopic (exact) mass is 481 g/mol. The lowest BCUT2D eigenvalue weighted by Crippen LogP contribution is -2.49. The molecule has 0 radical (unpaired) electrons. The predicted molar refractivity (Wildman–Crippen MR) is 123 cm³/mol. The Labute approximate surface area is 189 Å². The minimum Gasteiger partial charge on any atom is -0.479 e. The van der Waals surface area contributed by atoms with Crippen LogP contribution in [0.15, 0.2) is 65.4 Å². The summed E-state index contributed by atoms with van der Waals surface area (Å²) in [5.41, 5.74) is 1.05. The van der Waals surface area contributed by atoms with Gasteiger partial charge in [0.25, 0.3) is 5.91 Å². The van der Waals surface area contributed by atoms with Gasteiger partial charge in [-0.15, -0.1) is 0 Å². The van der Waals surface area contributed by atoms with E-state index in [1.165, 1.54) is 6.92 Å². The summed E-state index contributed by atoms with van der Waals surface area (Å²) in [4.78, 5) is 33.4. The van der Waals surface area contributed by atoms with Gasteiger partial charge in [0.1, 0.15) is 0 Å². The van der Waals surface area contributed by atoms with E-state index >= 15 is 0 Å². The van der Waals surface area contributed by atoms with Crippen molar-refractivity contribution in [3.63, 3.8) is 0 Å². The van der Waals surface area contributed by atoms with Gasteiger partial charge in [0.2, 0.25) is 0 Å². The Balaban J connectivity index is 1.85. The molecule has 0 aliphatic rings. The number of nitrogens with zero attached hydrogens (tertiary/aromatic N) is 2. The first-order chi connectivity index (χ1) is 14.5. The Morgan fingerprint density at radius 2 is 1.39 bits per heavy atom. The number of aromatic nitrogens is 2. The van der Waals surface area contributed by atoms with E-state index in [2.05, 4.69) is 52.0 Å². The molecule has 1 amide bonds. The fraction of sp³-hybridized carbons (Fsp3) is 0.250. The topological polar surface area (TPSA) is 92.2 Å². The van der Waals surface area contributed by atoms with E-state index in [0.29, 0.717) is 17.0 Å². The number of carboxylic acid groups (broad SMARTS) is 1. The van der Waals surface area contributed by atoms with Crippen LogP contribution in [0, 0.1) is 0 Å². The van der Waals surface area contributed by atoms with Gasteiger partial charge in [0, 0.05) is 23.5 Å². The van der Waals surface area contributed by atoms with E-state index in [0.717, 1.165) is 15.6 Å². The number of rotatable bonds is 5. The highest BCUT2D eigenvalue weighted by atomic mass is 79.9. The number of hydrogen-bond donors (Lipinski definition) is 2. The molecule has 0 bridgehead atoms. The number of benzene rings is 2. The molecule has 3 aromatic rings. The fourth-order valence-electron chi connectivity index (χ4n) is 3.08. The van der Waals surface area contributed by atoms with Gasteiger partial charge in [0.15, 0.2) is 11.4 Å². The molecule has 160 valence electrons. The normalized spacial score (nSPS) is 13.3. The Bertz CT molecular complexity index is 1090. The van der Waals surface area contributed by atoms with Crippen LogP contribution < -0.4 is 5.32 Å². The van der Waals surface area contributed by atoms with E-state index in [9.17, 15) is 14.7 Å². The molecule has 0 saturated heterocycles. The second-order valence-corrected chi connectivity index (χ2v) is 9.43. The molecule has 0 aliphatic carbocycles. The standard InChI is InChI=1S/C24H24BrN3O3/c1-23(2,3)17-9-7-16(8-10-17)21(29)28-24(4,22(30)31)18-11-5-15(6-12-18)20-26-13-19(25)14-27-20/h5-14H,1-4H3,(H,28,29)(H,30,31)/t24-/m0/s1. The highest BCUT2D eigenvalue weighted by molar-refractivity contribution is 9.10. The molecular formula is C24H24BrN3O3. The molecular weight excluding hydrogens is 458 g/mol.